The SMILES string of the molecule is c1ccc2c(OC3CN4CCC3CC4)noc2c1. The Morgan fingerprint density at radius 3 is 2.83 bits per heavy atom. The third-order valence-corrected chi connectivity index (χ3v) is 4.20. The first-order valence-corrected chi connectivity index (χ1v) is 6.63. The first-order chi connectivity index (χ1) is 8.90. The largest absolute Gasteiger partial charge is 0.470 e. The second-order valence-electron chi connectivity index (χ2n) is 5.28. The molecule has 1 atom stereocenters. The van der Waals surface area contributed by atoms with E-state index in [0.717, 1.165) is 17.5 Å². The summed E-state index contributed by atoms with van der Waals surface area (Å²) in [5.41, 5.74) is 0.800. The Labute approximate surface area is 105 Å². The molecule has 1 aromatic carbocycles. The molecule has 3 saturated heterocycles. The lowest BCUT2D eigenvalue weighted by molar-refractivity contribution is -0.0106. The van der Waals surface area contributed by atoms with Crippen LogP contribution in [0, 0.1) is 5.92 Å². The van der Waals surface area contributed by atoms with Crippen molar-refractivity contribution in [1.29, 1.82) is 0 Å². The lowest BCUT2D eigenvalue weighted by Gasteiger charge is -2.43. The number of fused-ring (bicyclic) bond motifs is 4. The van der Waals surface area contributed by atoms with Crippen LogP contribution in [-0.2, 0) is 0 Å². The molecule has 3 fully saturated rings. The third-order valence-electron chi connectivity index (χ3n) is 4.20. The van der Waals surface area contributed by atoms with Crippen molar-refractivity contribution in [3.63, 3.8) is 0 Å². The Hall–Kier alpha value is -1.55. The van der Waals surface area contributed by atoms with Crippen molar-refractivity contribution in [2.75, 3.05) is 19.6 Å². The number of ether oxygens (including phenoxy) is 1. The van der Waals surface area contributed by atoms with E-state index in [9.17, 15) is 0 Å². The summed E-state index contributed by atoms with van der Waals surface area (Å²) in [5, 5.41) is 5.04. The van der Waals surface area contributed by atoms with Crippen LogP contribution in [-0.4, -0.2) is 35.8 Å². The summed E-state index contributed by atoms with van der Waals surface area (Å²) in [7, 11) is 0. The van der Waals surface area contributed by atoms with Crippen molar-refractivity contribution in [3.8, 4) is 5.88 Å². The highest BCUT2D eigenvalue weighted by molar-refractivity contribution is 5.81. The second-order valence-corrected chi connectivity index (χ2v) is 5.28. The molecule has 0 saturated carbocycles. The van der Waals surface area contributed by atoms with Crippen LogP contribution in [0.3, 0.4) is 0 Å². The van der Waals surface area contributed by atoms with Gasteiger partial charge in [0.2, 0.25) is 0 Å². The molecule has 1 aromatic heterocycles. The number of nitrogens with zero attached hydrogens (tertiary/aromatic N) is 2. The molecule has 3 aliphatic rings. The van der Waals surface area contributed by atoms with E-state index in [2.05, 4.69) is 10.1 Å². The Kier molecular flexibility index (Phi) is 2.30. The minimum atomic E-state index is 0.279. The average Bonchev–Trinajstić information content (AvgIpc) is 2.84. The molecule has 94 valence electrons. The van der Waals surface area contributed by atoms with Gasteiger partial charge in [0.25, 0.3) is 5.88 Å². The molecule has 5 rings (SSSR count). The third kappa shape index (κ3) is 1.60. The van der Waals surface area contributed by atoms with E-state index in [1.165, 1.54) is 25.9 Å². The van der Waals surface area contributed by atoms with Crippen molar-refractivity contribution in [2.45, 2.75) is 18.9 Å². The average molecular weight is 244 g/mol. The maximum atomic E-state index is 6.10. The number of piperidine rings is 3. The fourth-order valence-corrected chi connectivity index (χ4v) is 3.14. The molecule has 2 aromatic rings. The van der Waals surface area contributed by atoms with Gasteiger partial charge in [-0.1, -0.05) is 12.1 Å². The van der Waals surface area contributed by atoms with Crippen LogP contribution in [0.5, 0.6) is 5.88 Å². The minimum Gasteiger partial charge on any atom is -0.470 e. The van der Waals surface area contributed by atoms with Crippen molar-refractivity contribution < 1.29 is 9.26 Å². The van der Waals surface area contributed by atoms with Gasteiger partial charge in [0.1, 0.15) is 6.10 Å². The van der Waals surface area contributed by atoms with Gasteiger partial charge in [-0.2, -0.15) is 0 Å². The van der Waals surface area contributed by atoms with Gasteiger partial charge in [-0.3, -0.25) is 4.90 Å². The zero-order chi connectivity index (χ0) is 11.9. The van der Waals surface area contributed by atoms with E-state index in [0.29, 0.717) is 11.8 Å². The fraction of sp³-hybridized carbons (Fsp3) is 0.500. The van der Waals surface area contributed by atoms with Gasteiger partial charge in [-0.15, -0.1) is 0 Å². The van der Waals surface area contributed by atoms with Crippen molar-refractivity contribution in [1.82, 2.24) is 10.1 Å². The lowest BCUT2D eigenvalue weighted by atomic mass is 9.86. The highest BCUT2D eigenvalue weighted by Gasteiger charge is 2.36. The summed E-state index contributed by atoms with van der Waals surface area (Å²) >= 11 is 0. The summed E-state index contributed by atoms with van der Waals surface area (Å²) in [6.07, 6.45) is 2.78. The van der Waals surface area contributed by atoms with Crippen LogP contribution < -0.4 is 4.74 Å². The molecule has 4 heterocycles. The highest BCUT2D eigenvalue weighted by atomic mass is 16.5. The zero-order valence-electron chi connectivity index (χ0n) is 10.2. The summed E-state index contributed by atoms with van der Waals surface area (Å²) in [5.74, 6) is 1.34. The Bertz CT molecular complexity index is 558. The van der Waals surface area contributed by atoms with Gasteiger partial charge in [-0.25, -0.2) is 0 Å². The number of hydrogen-bond acceptors (Lipinski definition) is 4. The number of hydrogen-bond donors (Lipinski definition) is 0. The molecular formula is C14H16N2O2. The Balaban J connectivity index is 1.61. The van der Waals surface area contributed by atoms with Crippen LogP contribution >= 0.6 is 0 Å². The van der Waals surface area contributed by atoms with E-state index in [-0.39, 0.29) is 6.10 Å². The quantitative estimate of drug-likeness (QED) is 0.812. The fourth-order valence-electron chi connectivity index (χ4n) is 3.14. The maximum absolute atomic E-state index is 6.10. The van der Waals surface area contributed by atoms with Crippen molar-refractivity contribution >= 4 is 11.0 Å². The van der Waals surface area contributed by atoms with E-state index in [1.54, 1.807) is 0 Å². The molecule has 3 aliphatic heterocycles. The molecule has 1 unspecified atom stereocenters. The standard InChI is InChI=1S/C14H16N2O2/c1-2-4-12-11(3-1)14(15-18-12)17-13-9-16-7-5-10(13)6-8-16/h1-4,10,13H,5-9H2. The number of benzene rings is 1. The molecule has 0 radical (unpaired) electrons. The molecule has 4 nitrogen and oxygen atoms in total. The minimum absolute atomic E-state index is 0.279. The van der Waals surface area contributed by atoms with Gasteiger partial charge < -0.3 is 9.26 Å². The van der Waals surface area contributed by atoms with Gasteiger partial charge in [-0.05, 0) is 49.1 Å². The molecule has 0 aliphatic carbocycles. The molecule has 18 heavy (non-hydrogen) atoms. The summed E-state index contributed by atoms with van der Waals surface area (Å²) in [6, 6.07) is 7.86. The van der Waals surface area contributed by atoms with E-state index in [1.807, 2.05) is 24.3 Å². The van der Waals surface area contributed by atoms with Crippen LogP contribution in [0.4, 0.5) is 0 Å². The zero-order valence-corrected chi connectivity index (χ0v) is 10.2. The second kappa shape index (κ2) is 3.99. The van der Waals surface area contributed by atoms with Gasteiger partial charge in [0, 0.05) is 6.54 Å². The van der Waals surface area contributed by atoms with Crippen LogP contribution in [0.25, 0.3) is 11.0 Å². The highest BCUT2D eigenvalue weighted by Crippen LogP contribution is 2.32. The van der Waals surface area contributed by atoms with Crippen LogP contribution in [0.1, 0.15) is 12.8 Å². The van der Waals surface area contributed by atoms with Crippen molar-refractivity contribution in [3.05, 3.63) is 24.3 Å². The Morgan fingerprint density at radius 2 is 2.06 bits per heavy atom. The first kappa shape index (κ1) is 10.4. The predicted octanol–water partition coefficient (Wildman–Crippen LogP) is 2.30. The molecule has 4 heteroatoms. The molecular weight excluding hydrogens is 228 g/mol. The van der Waals surface area contributed by atoms with E-state index in [4.69, 9.17) is 9.26 Å². The van der Waals surface area contributed by atoms with Crippen LogP contribution in [0.2, 0.25) is 0 Å². The van der Waals surface area contributed by atoms with Crippen molar-refractivity contribution in [2.24, 2.45) is 5.92 Å². The first-order valence-electron chi connectivity index (χ1n) is 6.63. The maximum Gasteiger partial charge on any atom is 0.262 e. The summed E-state index contributed by atoms with van der Waals surface area (Å²) in [4.78, 5) is 2.48. The van der Waals surface area contributed by atoms with Crippen LogP contribution in [0.15, 0.2) is 28.8 Å². The lowest BCUT2D eigenvalue weighted by Crippen LogP contribution is -2.52. The van der Waals surface area contributed by atoms with E-state index < -0.39 is 0 Å². The van der Waals surface area contributed by atoms with Gasteiger partial charge in [0.05, 0.1) is 5.39 Å². The number of rotatable bonds is 2. The molecule has 0 N–H and O–H groups in total. The van der Waals surface area contributed by atoms with Gasteiger partial charge in [0.15, 0.2) is 5.58 Å². The molecule has 2 bridgehead atoms. The predicted molar refractivity (Wildman–Crippen MR) is 67.6 cm³/mol. The monoisotopic (exact) mass is 244 g/mol. The topological polar surface area (TPSA) is 38.5 Å². The summed E-state index contributed by atoms with van der Waals surface area (Å²) in [6.45, 7) is 3.49. The number of aromatic nitrogens is 1. The number of para-hydroxylation sites is 1. The summed E-state index contributed by atoms with van der Waals surface area (Å²) < 4.78 is 11.4. The normalized spacial score (nSPS) is 30.8. The smallest absolute Gasteiger partial charge is 0.262 e. The Morgan fingerprint density at radius 1 is 1.22 bits per heavy atom. The van der Waals surface area contributed by atoms with Gasteiger partial charge >= 0.3 is 0 Å². The molecule has 0 spiro atoms. The van der Waals surface area contributed by atoms with E-state index >= 15 is 0 Å². The molecule has 0 amide bonds.